The molecule has 5 aromatic rings. The van der Waals surface area contributed by atoms with Crippen LogP contribution in [0.3, 0.4) is 0 Å². The third-order valence-corrected chi connectivity index (χ3v) is 11.3. The van der Waals surface area contributed by atoms with Crippen molar-refractivity contribution in [1.29, 1.82) is 0 Å². The maximum Gasteiger partial charge on any atom is 0.265 e. The first-order valence-corrected chi connectivity index (χ1v) is 18.5. The van der Waals surface area contributed by atoms with Crippen LogP contribution in [-0.4, -0.2) is 44.0 Å². The van der Waals surface area contributed by atoms with Crippen LogP contribution in [0, 0.1) is 0 Å². The van der Waals surface area contributed by atoms with Gasteiger partial charge in [-0.3, -0.25) is 9.11 Å². The van der Waals surface area contributed by atoms with Gasteiger partial charge >= 0.3 is 0 Å². The summed E-state index contributed by atoms with van der Waals surface area (Å²) in [4.78, 5) is 3.18. The Bertz CT molecular complexity index is 2140. The van der Waals surface area contributed by atoms with Gasteiger partial charge in [-0.05, 0) is 40.8 Å². The molecule has 0 amide bonds. The minimum absolute atomic E-state index is 0.268. The van der Waals surface area contributed by atoms with Crippen LogP contribution in [0.25, 0.3) is 37.8 Å². The molecule has 222 valence electrons. The van der Waals surface area contributed by atoms with Crippen LogP contribution in [0.15, 0.2) is 94.9 Å². The molecule has 6 rings (SSSR count). The zero-order chi connectivity index (χ0) is 30.2. The van der Waals surface area contributed by atoms with Crippen molar-refractivity contribution >= 4 is 86.9 Å². The van der Waals surface area contributed by atoms with Crippen LogP contribution in [0.1, 0.15) is 17.8 Å². The highest BCUT2D eigenvalue weighted by Gasteiger charge is 2.27. The van der Waals surface area contributed by atoms with E-state index in [1.54, 1.807) is 23.1 Å². The summed E-state index contributed by atoms with van der Waals surface area (Å²) < 4.78 is 67.4. The van der Waals surface area contributed by atoms with Crippen molar-refractivity contribution in [2.45, 2.75) is 24.3 Å². The number of aryl methyl sites for hydroxylation is 1. The van der Waals surface area contributed by atoms with Gasteiger partial charge in [0.15, 0.2) is 6.54 Å². The topological polar surface area (TPSA) is 116 Å². The maximum absolute atomic E-state index is 11.4. The summed E-state index contributed by atoms with van der Waals surface area (Å²) in [5, 5.41) is 6.33. The van der Waals surface area contributed by atoms with E-state index in [-0.39, 0.29) is 24.3 Å². The Morgan fingerprint density at radius 1 is 0.791 bits per heavy atom. The van der Waals surface area contributed by atoms with Gasteiger partial charge in [-0.15, -0.1) is 0 Å². The quantitative estimate of drug-likeness (QED) is 0.129. The highest BCUT2D eigenvalue weighted by Crippen LogP contribution is 2.49. The molecular formula is C31H29N2O6S4+. The zero-order valence-electron chi connectivity index (χ0n) is 23.0. The number of rotatable bonds is 10. The van der Waals surface area contributed by atoms with Gasteiger partial charge in [0.1, 0.15) is 4.70 Å². The number of thiazole rings is 1. The van der Waals surface area contributed by atoms with Crippen LogP contribution >= 0.6 is 23.1 Å². The molecule has 4 aromatic carbocycles. The fourth-order valence-electron chi connectivity index (χ4n) is 5.39. The largest absolute Gasteiger partial charge is 0.335 e. The number of thioether (sulfide) groups is 1. The van der Waals surface area contributed by atoms with Gasteiger partial charge in [-0.1, -0.05) is 83.8 Å². The second-order valence-electron chi connectivity index (χ2n) is 10.3. The minimum Gasteiger partial charge on any atom is -0.335 e. The Morgan fingerprint density at radius 2 is 1.44 bits per heavy atom. The molecule has 43 heavy (non-hydrogen) atoms. The first kappa shape index (κ1) is 29.8. The second kappa shape index (κ2) is 12.0. The molecule has 0 atom stereocenters. The van der Waals surface area contributed by atoms with E-state index in [4.69, 9.17) is 0 Å². The predicted molar refractivity (Wildman–Crippen MR) is 176 cm³/mol. The number of nitrogens with zero attached hydrogens (tertiary/aromatic N) is 2. The molecule has 0 bridgehead atoms. The van der Waals surface area contributed by atoms with E-state index in [2.05, 4.69) is 45.9 Å². The van der Waals surface area contributed by atoms with E-state index >= 15 is 0 Å². The monoisotopic (exact) mass is 653 g/mol. The van der Waals surface area contributed by atoms with Crippen molar-refractivity contribution in [2.75, 3.05) is 23.0 Å². The normalized spacial score (nSPS) is 15.0. The first-order valence-electron chi connectivity index (χ1n) is 13.7. The molecule has 0 aliphatic carbocycles. The lowest BCUT2D eigenvalue weighted by Gasteiger charge is -2.20. The highest BCUT2D eigenvalue weighted by molar-refractivity contribution is 8.04. The second-order valence-corrected chi connectivity index (χ2v) is 15.5. The Balaban J connectivity index is 1.37. The summed E-state index contributed by atoms with van der Waals surface area (Å²) in [7, 11) is -8.14. The number of hydrogen-bond donors (Lipinski definition) is 2. The van der Waals surface area contributed by atoms with Gasteiger partial charge < -0.3 is 4.90 Å². The van der Waals surface area contributed by atoms with Gasteiger partial charge in [0.25, 0.3) is 25.2 Å². The molecule has 12 heteroatoms. The molecule has 0 fully saturated rings. The third-order valence-electron chi connectivity index (χ3n) is 7.29. The predicted octanol–water partition coefficient (Wildman–Crippen LogP) is 6.52. The fourth-order valence-corrected chi connectivity index (χ4v) is 8.85. The molecule has 1 aliphatic heterocycles. The number of aromatic nitrogens is 1. The van der Waals surface area contributed by atoms with Gasteiger partial charge in [0.2, 0.25) is 5.52 Å². The molecule has 0 radical (unpaired) electrons. The lowest BCUT2D eigenvalue weighted by atomic mass is 10.1. The van der Waals surface area contributed by atoms with Crippen molar-refractivity contribution in [3.8, 4) is 0 Å². The molecule has 8 nitrogen and oxygen atoms in total. The lowest BCUT2D eigenvalue weighted by Crippen LogP contribution is -2.36. The average Bonchev–Trinajstić information content (AvgIpc) is 3.50. The van der Waals surface area contributed by atoms with Crippen LogP contribution in [-0.2, 0) is 26.8 Å². The van der Waals surface area contributed by atoms with E-state index in [0.29, 0.717) is 13.1 Å². The summed E-state index contributed by atoms with van der Waals surface area (Å²) in [5.41, 5.74) is 1.99. The molecular weight excluding hydrogens is 625 g/mol. The minimum atomic E-state index is -4.07. The zero-order valence-corrected chi connectivity index (χ0v) is 26.2. The maximum atomic E-state index is 11.4. The Labute approximate surface area is 258 Å². The van der Waals surface area contributed by atoms with Gasteiger partial charge in [-0.2, -0.15) is 21.4 Å². The summed E-state index contributed by atoms with van der Waals surface area (Å²) in [6, 6.07) is 24.5. The van der Waals surface area contributed by atoms with Crippen molar-refractivity contribution in [2.24, 2.45) is 0 Å². The van der Waals surface area contributed by atoms with Crippen molar-refractivity contribution < 1.29 is 30.5 Å². The SMILES string of the molecule is O=S(=O)(O)CCCN1C(=CC=Cc2sc3c4ccccc4ccc3[n+]2CCCS(=O)(=O)O)Sc2c1ccc1ccccc21. The molecule has 0 spiro atoms. The summed E-state index contributed by atoms with van der Waals surface area (Å²) in [6.07, 6.45) is 6.49. The van der Waals surface area contributed by atoms with Crippen molar-refractivity contribution in [1.82, 2.24) is 0 Å². The van der Waals surface area contributed by atoms with Crippen LogP contribution in [0.2, 0.25) is 0 Å². The third kappa shape index (κ3) is 6.64. The molecule has 0 saturated carbocycles. The van der Waals surface area contributed by atoms with Gasteiger partial charge in [0, 0.05) is 35.4 Å². The van der Waals surface area contributed by atoms with E-state index in [1.807, 2.05) is 54.6 Å². The number of anilines is 1. The molecule has 1 aliphatic rings. The number of hydrogen-bond acceptors (Lipinski definition) is 7. The molecule has 1 aromatic heterocycles. The lowest BCUT2D eigenvalue weighted by molar-refractivity contribution is -0.668. The van der Waals surface area contributed by atoms with Crippen LogP contribution < -0.4 is 9.47 Å². The van der Waals surface area contributed by atoms with Crippen LogP contribution in [0.4, 0.5) is 5.69 Å². The number of fused-ring (bicyclic) bond motifs is 6. The number of allylic oxidation sites excluding steroid dienone is 2. The fraction of sp³-hybridized carbons (Fsp3) is 0.194. The standard InChI is InChI=1S/C31H28N2O6S4/c34-42(35,36)20-6-18-32-26-16-14-22-8-1-3-10-24(22)30(26)40-28(32)12-5-13-29-33(19-7-21-43(37,38)39)27-17-15-23-9-2-4-11-25(23)31(27)41-29/h1-5,8-17H,6-7,18-21H2,(H-,34,35,36,37,38,39)/p+1. The summed E-state index contributed by atoms with van der Waals surface area (Å²) >= 11 is 3.24. The highest BCUT2D eigenvalue weighted by atomic mass is 32.2. The Kier molecular flexibility index (Phi) is 8.33. The summed E-state index contributed by atoms with van der Waals surface area (Å²) in [6.45, 7) is 0.838. The molecule has 2 N–H and O–H groups in total. The average molecular weight is 654 g/mol. The van der Waals surface area contributed by atoms with Crippen molar-refractivity contribution in [3.63, 3.8) is 0 Å². The van der Waals surface area contributed by atoms with E-state index < -0.39 is 20.2 Å². The van der Waals surface area contributed by atoms with Gasteiger partial charge in [-0.25, -0.2) is 0 Å². The van der Waals surface area contributed by atoms with Gasteiger partial charge in [0.05, 0.1) is 22.2 Å². The Hall–Kier alpha value is -3.26. The smallest absolute Gasteiger partial charge is 0.265 e. The van der Waals surface area contributed by atoms with E-state index in [9.17, 15) is 25.9 Å². The van der Waals surface area contributed by atoms with Crippen LogP contribution in [0.5, 0.6) is 0 Å². The number of benzene rings is 4. The summed E-state index contributed by atoms with van der Waals surface area (Å²) in [5.74, 6) is -0.640. The molecule has 0 saturated heterocycles. The molecule has 2 heterocycles. The van der Waals surface area contributed by atoms with E-state index in [1.165, 1.54) is 0 Å². The first-order chi connectivity index (χ1) is 20.6. The molecule has 0 unspecified atom stereocenters. The van der Waals surface area contributed by atoms with Crippen molar-refractivity contribution in [3.05, 3.63) is 95.0 Å². The van der Waals surface area contributed by atoms with E-state index in [0.717, 1.165) is 52.4 Å². The Morgan fingerprint density at radius 3 is 2.19 bits per heavy atom.